The Labute approximate surface area is 167 Å². The Morgan fingerprint density at radius 2 is 0.846 bits per heavy atom. The molecular weight excluding hydrogens is 387 g/mol. The SMILES string of the molecule is [Cu].c1ccc(-c2ccccn2)nc1.c1ccc(Pc2ccccc2)cc1. The topological polar surface area (TPSA) is 25.8 Å². The van der Waals surface area contributed by atoms with E-state index in [1.54, 1.807) is 12.4 Å². The van der Waals surface area contributed by atoms with Crippen LogP contribution in [0, 0.1) is 0 Å². The molecule has 0 amide bonds. The summed E-state index contributed by atoms with van der Waals surface area (Å²) < 4.78 is 0. The first-order valence-corrected chi connectivity index (χ1v) is 9.11. The molecule has 0 bridgehead atoms. The Kier molecular flexibility index (Phi) is 8.72. The van der Waals surface area contributed by atoms with Crippen molar-refractivity contribution in [2.45, 2.75) is 0 Å². The summed E-state index contributed by atoms with van der Waals surface area (Å²) in [5.74, 6) is 0. The first-order valence-electron chi connectivity index (χ1n) is 8.11. The first-order chi connectivity index (χ1) is 12.4. The Balaban J connectivity index is 0.000000180. The van der Waals surface area contributed by atoms with E-state index in [1.807, 2.05) is 36.4 Å². The molecule has 0 saturated carbocycles. The predicted octanol–water partition coefficient (Wildman–Crippen LogP) is 4.46. The number of aromatic nitrogens is 2. The summed E-state index contributed by atoms with van der Waals surface area (Å²) in [5, 5.41) is 2.79. The van der Waals surface area contributed by atoms with E-state index in [-0.39, 0.29) is 17.1 Å². The van der Waals surface area contributed by atoms with Gasteiger partial charge >= 0.3 is 0 Å². The van der Waals surface area contributed by atoms with Gasteiger partial charge in [0.1, 0.15) is 0 Å². The average Bonchev–Trinajstić information content (AvgIpc) is 2.71. The smallest absolute Gasteiger partial charge is 0.0886 e. The van der Waals surface area contributed by atoms with Gasteiger partial charge in [0, 0.05) is 29.5 Å². The van der Waals surface area contributed by atoms with Gasteiger partial charge in [-0.25, -0.2) is 0 Å². The summed E-state index contributed by atoms with van der Waals surface area (Å²) >= 11 is 0. The number of hydrogen-bond donors (Lipinski definition) is 0. The monoisotopic (exact) mass is 405 g/mol. The molecule has 133 valence electrons. The van der Waals surface area contributed by atoms with Crippen molar-refractivity contribution in [3.05, 3.63) is 109 Å². The van der Waals surface area contributed by atoms with Gasteiger partial charge in [0.15, 0.2) is 0 Å². The molecule has 1 radical (unpaired) electrons. The molecule has 0 saturated heterocycles. The number of pyridine rings is 2. The molecule has 4 heteroatoms. The summed E-state index contributed by atoms with van der Waals surface area (Å²) in [5.41, 5.74) is 1.83. The van der Waals surface area contributed by atoms with Crippen LogP contribution in [0.1, 0.15) is 0 Å². The van der Waals surface area contributed by atoms with E-state index in [4.69, 9.17) is 0 Å². The molecule has 4 rings (SSSR count). The molecule has 2 nitrogen and oxygen atoms in total. The van der Waals surface area contributed by atoms with Crippen LogP contribution in [0.3, 0.4) is 0 Å². The fourth-order valence-corrected chi connectivity index (χ4v) is 3.29. The standard InChI is InChI=1S/C12H11P.C10H8N2.Cu/c1-3-7-11(8-4-1)13-12-9-5-2-6-10-12;1-3-7-11-9(5-1)10-6-2-4-8-12-10;/h1-10,13H;1-8H;. The number of hydrogen-bond acceptors (Lipinski definition) is 2. The quantitative estimate of drug-likeness (QED) is 0.371. The van der Waals surface area contributed by atoms with Crippen LogP contribution in [-0.2, 0) is 17.1 Å². The van der Waals surface area contributed by atoms with Crippen molar-refractivity contribution in [2.24, 2.45) is 0 Å². The van der Waals surface area contributed by atoms with Crippen molar-refractivity contribution in [2.75, 3.05) is 0 Å². The second-order valence-electron chi connectivity index (χ2n) is 5.29. The third-order valence-electron chi connectivity index (χ3n) is 3.43. The molecule has 4 aromatic rings. The molecule has 2 aromatic carbocycles. The van der Waals surface area contributed by atoms with Crippen molar-refractivity contribution in [1.29, 1.82) is 0 Å². The second-order valence-corrected chi connectivity index (χ2v) is 6.69. The summed E-state index contributed by atoms with van der Waals surface area (Å²) in [6.07, 6.45) is 3.54. The fourth-order valence-electron chi connectivity index (χ4n) is 2.24. The number of rotatable bonds is 3. The Morgan fingerprint density at radius 1 is 0.462 bits per heavy atom. The first kappa shape index (κ1) is 20.0. The maximum absolute atomic E-state index is 4.19. The third-order valence-corrected chi connectivity index (χ3v) is 4.67. The Hall–Kier alpha value is -2.31. The Morgan fingerprint density at radius 3 is 1.19 bits per heavy atom. The van der Waals surface area contributed by atoms with Gasteiger partial charge < -0.3 is 0 Å². The van der Waals surface area contributed by atoms with Gasteiger partial charge in [0.05, 0.1) is 11.4 Å². The van der Waals surface area contributed by atoms with Crippen LogP contribution in [0.2, 0.25) is 0 Å². The van der Waals surface area contributed by atoms with Crippen LogP contribution in [0.5, 0.6) is 0 Å². The van der Waals surface area contributed by atoms with Gasteiger partial charge in [0.2, 0.25) is 0 Å². The molecule has 0 N–H and O–H groups in total. The average molecular weight is 406 g/mol. The summed E-state index contributed by atoms with van der Waals surface area (Å²) in [7, 11) is 0.777. The van der Waals surface area contributed by atoms with Crippen molar-refractivity contribution < 1.29 is 17.1 Å². The van der Waals surface area contributed by atoms with Crippen LogP contribution in [-0.4, -0.2) is 9.97 Å². The molecule has 0 aliphatic carbocycles. The fraction of sp³-hybridized carbons (Fsp3) is 0. The molecule has 0 aliphatic rings. The van der Waals surface area contributed by atoms with Crippen LogP contribution < -0.4 is 10.6 Å². The van der Waals surface area contributed by atoms with Crippen LogP contribution in [0.4, 0.5) is 0 Å². The van der Waals surface area contributed by atoms with E-state index in [9.17, 15) is 0 Å². The second kappa shape index (κ2) is 11.3. The zero-order chi connectivity index (χ0) is 17.2. The van der Waals surface area contributed by atoms with Crippen molar-refractivity contribution >= 4 is 19.2 Å². The molecule has 0 aliphatic heterocycles. The van der Waals surface area contributed by atoms with Gasteiger partial charge in [-0.2, -0.15) is 0 Å². The zero-order valence-corrected chi connectivity index (χ0v) is 16.0. The molecule has 26 heavy (non-hydrogen) atoms. The molecular formula is C22H19CuN2P. The maximum Gasteiger partial charge on any atom is 0.0886 e. The minimum absolute atomic E-state index is 0. The van der Waals surface area contributed by atoms with Crippen molar-refractivity contribution in [1.82, 2.24) is 9.97 Å². The van der Waals surface area contributed by atoms with Crippen LogP contribution in [0.15, 0.2) is 109 Å². The van der Waals surface area contributed by atoms with Gasteiger partial charge in [-0.05, 0) is 34.9 Å². The largest absolute Gasteiger partial charge is 0.255 e. The van der Waals surface area contributed by atoms with E-state index >= 15 is 0 Å². The van der Waals surface area contributed by atoms with E-state index in [0.29, 0.717) is 0 Å². The van der Waals surface area contributed by atoms with Gasteiger partial charge in [0.25, 0.3) is 0 Å². The molecule has 2 heterocycles. The molecule has 0 atom stereocenters. The van der Waals surface area contributed by atoms with E-state index in [1.165, 1.54) is 10.6 Å². The Bertz CT molecular complexity index is 782. The minimum Gasteiger partial charge on any atom is -0.255 e. The van der Waals surface area contributed by atoms with Crippen molar-refractivity contribution in [3.8, 4) is 11.4 Å². The van der Waals surface area contributed by atoms with E-state index in [0.717, 1.165) is 20.0 Å². The van der Waals surface area contributed by atoms with Gasteiger partial charge in [-0.3, -0.25) is 9.97 Å². The van der Waals surface area contributed by atoms with Crippen molar-refractivity contribution in [3.63, 3.8) is 0 Å². The van der Waals surface area contributed by atoms with Crippen LogP contribution >= 0.6 is 8.58 Å². The van der Waals surface area contributed by atoms with Gasteiger partial charge in [-0.15, -0.1) is 0 Å². The maximum atomic E-state index is 4.19. The minimum atomic E-state index is 0. The van der Waals surface area contributed by atoms with Crippen LogP contribution in [0.25, 0.3) is 11.4 Å². The summed E-state index contributed by atoms with van der Waals surface area (Å²) in [4.78, 5) is 8.37. The number of nitrogens with zero attached hydrogens (tertiary/aromatic N) is 2. The summed E-state index contributed by atoms with van der Waals surface area (Å²) in [6.45, 7) is 0. The van der Waals surface area contributed by atoms with Gasteiger partial charge in [-0.1, -0.05) is 81.4 Å². The number of benzene rings is 2. The molecule has 0 fully saturated rings. The zero-order valence-electron chi connectivity index (χ0n) is 14.1. The van der Waals surface area contributed by atoms with E-state index < -0.39 is 0 Å². The summed E-state index contributed by atoms with van der Waals surface area (Å²) in [6, 6.07) is 32.7. The van der Waals surface area contributed by atoms with E-state index in [2.05, 4.69) is 70.6 Å². The third kappa shape index (κ3) is 6.54. The molecule has 0 unspecified atom stereocenters. The predicted molar refractivity (Wildman–Crippen MR) is 108 cm³/mol. The molecule has 2 aromatic heterocycles. The molecule has 0 spiro atoms. The normalized spacial score (nSPS) is 9.38.